The molecule has 1 aliphatic heterocycles. The molecule has 26 heavy (non-hydrogen) atoms. The number of benzene rings is 3. The second kappa shape index (κ2) is 8.30. The summed E-state index contributed by atoms with van der Waals surface area (Å²) < 4.78 is 26.8. The molecule has 4 rings (SSSR count). The predicted octanol–water partition coefficient (Wildman–Crippen LogP) is 5.02. The number of nitrogens with one attached hydrogen (secondary N) is 1. The molecule has 1 atom stereocenters. The molecule has 0 saturated carbocycles. The van der Waals surface area contributed by atoms with Crippen LogP contribution < -0.4 is 5.32 Å². The molecule has 1 N–H and O–H groups in total. The fourth-order valence-electron chi connectivity index (χ4n) is 3.99. The van der Waals surface area contributed by atoms with Gasteiger partial charge in [-0.25, -0.2) is 8.78 Å². The van der Waals surface area contributed by atoms with Crippen LogP contribution >= 0.6 is 12.4 Å². The molecule has 3 aromatic rings. The van der Waals surface area contributed by atoms with Crippen LogP contribution in [-0.2, 0) is 0 Å². The second-order valence-corrected chi connectivity index (χ2v) is 6.66. The summed E-state index contributed by atoms with van der Waals surface area (Å²) in [4.78, 5) is 2.21. The Morgan fingerprint density at radius 1 is 0.885 bits per heavy atom. The fourth-order valence-corrected chi connectivity index (χ4v) is 3.99. The van der Waals surface area contributed by atoms with Gasteiger partial charge in [0, 0.05) is 38.6 Å². The van der Waals surface area contributed by atoms with E-state index in [0.717, 1.165) is 47.9 Å². The van der Waals surface area contributed by atoms with E-state index in [0.29, 0.717) is 0 Å². The van der Waals surface area contributed by atoms with Crippen molar-refractivity contribution in [1.82, 2.24) is 10.2 Å². The fraction of sp³-hybridized carbons (Fsp3) is 0.333. The van der Waals surface area contributed by atoms with Gasteiger partial charge in [0.25, 0.3) is 0 Å². The molecule has 0 aromatic heterocycles. The lowest BCUT2D eigenvalue weighted by molar-refractivity contribution is 0.0745. The lowest BCUT2D eigenvalue weighted by Crippen LogP contribution is -2.45. The normalized spacial score (nSPS) is 16.7. The Balaban J connectivity index is 0.00000196. The second-order valence-electron chi connectivity index (χ2n) is 6.66. The van der Waals surface area contributed by atoms with Crippen LogP contribution in [0.25, 0.3) is 21.5 Å². The average molecular weight is 377 g/mol. The number of alkyl halides is 2. The number of piperazine rings is 1. The summed E-state index contributed by atoms with van der Waals surface area (Å²) in [6.07, 6.45) is -2.44. The topological polar surface area (TPSA) is 15.3 Å². The molecule has 5 heteroatoms. The number of nitrogens with zero attached hydrogens (tertiary/aromatic N) is 1. The van der Waals surface area contributed by atoms with Gasteiger partial charge >= 0.3 is 0 Å². The molecule has 0 spiro atoms. The Hall–Kier alpha value is -1.75. The molecule has 0 aliphatic carbocycles. The predicted molar refractivity (Wildman–Crippen MR) is 107 cm³/mol. The Labute approximate surface area is 158 Å². The van der Waals surface area contributed by atoms with Crippen molar-refractivity contribution < 1.29 is 8.78 Å². The highest BCUT2D eigenvalue weighted by Crippen LogP contribution is 2.36. The van der Waals surface area contributed by atoms with Crippen molar-refractivity contribution in [3.05, 3.63) is 60.2 Å². The smallest absolute Gasteiger partial charge is 0.240 e. The zero-order valence-corrected chi connectivity index (χ0v) is 15.3. The molecule has 3 aromatic carbocycles. The van der Waals surface area contributed by atoms with Gasteiger partial charge in [0.15, 0.2) is 0 Å². The first-order valence-corrected chi connectivity index (χ1v) is 8.87. The van der Waals surface area contributed by atoms with Crippen molar-refractivity contribution in [3.8, 4) is 0 Å². The monoisotopic (exact) mass is 376 g/mol. The SMILES string of the molecule is Cl.FC(F)C[C@@H](c1cc2ccccc2c2ccccc12)N1CCNCC1. The van der Waals surface area contributed by atoms with E-state index < -0.39 is 6.43 Å². The summed E-state index contributed by atoms with van der Waals surface area (Å²) >= 11 is 0. The van der Waals surface area contributed by atoms with Crippen molar-refractivity contribution in [2.24, 2.45) is 0 Å². The van der Waals surface area contributed by atoms with Crippen LogP contribution in [0.5, 0.6) is 0 Å². The van der Waals surface area contributed by atoms with Crippen molar-refractivity contribution in [1.29, 1.82) is 0 Å². The highest BCUT2D eigenvalue weighted by Gasteiger charge is 2.27. The Kier molecular flexibility index (Phi) is 6.07. The van der Waals surface area contributed by atoms with E-state index in [1.54, 1.807) is 0 Å². The van der Waals surface area contributed by atoms with Crippen molar-refractivity contribution >= 4 is 34.0 Å². The maximum absolute atomic E-state index is 13.4. The molecule has 1 fully saturated rings. The van der Waals surface area contributed by atoms with Crippen molar-refractivity contribution in [3.63, 3.8) is 0 Å². The maximum Gasteiger partial charge on any atom is 0.240 e. The van der Waals surface area contributed by atoms with E-state index >= 15 is 0 Å². The zero-order chi connectivity index (χ0) is 17.2. The Morgan fingerprint density at radius 2 is 1.50 bits per heavy atom. The van der Waals surface area contributed by atoms with E-state index in [9.17, 15) is 8.78 Å². The van der Waals surface area contributed by atoms with Crippen LogP contribution in [-0.4, -0.2) is 37.5 Å². The molecule has 0 unspecified atom stereocenters. The van der Waals surface area contributed by atoms with Crippen LogP contribution in [0.3, 0.4) is 0 Å². The number of hydrogen-bond acceptors (Lipinski definition) is 2. The third-order valence-electron chi connectivity index (χ3n) is 5.15. The van der Waals surface area contributed by atoms with Gasteiger partial charge in [-0.2, -0.15) is 0 Å². The molecule has 1 heterocycles. The molecule has 1 aliphatic rings. The van der Waals surface area contributed by atoms with Crippen LogP contribution in [0.1, 0.15) is 18.0 Å². The maximum atomic E-state index is 13.4. The van der Waals surface area contributed by atoms with E-state index in [-0.39, 0.29) is 24.9 Å². The minimum atomic E-state index is -2.31. The first kappa shape index (κ1) is 19.0. The van der Waals surface area contributed by atoms with Gasteiger partial charge in [0.05, 0.1) is 0 Å². The summed E-state index contributed by atoms with van der Waals surface area (Å²) in [5, 5.41) is 7.84. The van der Waals surface area contributed by atoms with Gasteiger partial charge in [-0.3, -0.25) is 4.90 Å². The van der Waals surface area contributed by atoms with Gasteiger partial charge in [0.2, 0.25) is 6.43 Å². The Bertz CT molecular complexity index is 878. The van der Waals surface area contributed by atoms with E-state index in [1.807, 2.05) is 24.3 Å². The van der Waals surface area contributed by atoms with Crippen LogP contribution in [0.2, 0.25) is 0 Å². The van der Waals surface area contributed by atoms with E-state index in [2.05, 4.69) is 40.5 Å². The highest BCUT2D eigenvalue weighted by molar-refractivity contribution is 6.09. The number of rotatable bonds is 4. The first-order chi connectivity index (χ1) is 12.2. The minimum Gasteiger partial charge on any atom is -0.314 e. The highest BCUT2D eigenvalue weighted by atomic mass is 35.5. The number of hydrogen-bond donors (Lipinski definition) is 1. The minimum absolute atomic E-state index is 0. The van der Waals surface area contributed by atoms with Crippen molar-refractivity contribution in [2.75, 3.05) is 26.2 Å². The Morgan fingerprint density at radius 3 is 2.19 bits per heavy atom. The molecule has 0 radical (unpaired) electrons. The molecule has 2 nitrogen and oxygen atoms in total. The summed E-state index contributed by atoms with van der Waals surface area (Å²) in [7, 11) is 0. The van der Waals surface area contributed by atoms with Gasteiger partial charge in [-0.15, -0.1) is 12.4 Å². The molecule has 138 valence electrons. The largest absolute Gasteiger partial charge is 0.314 e. The average Bonchev–Trinajstić information content (AvgIpc) is 2.66. The molecular weight excluding hydrogens is 354 g/mol. The summed E-state index contributed by atoms with van der Waals surface area (Å²) in [6.45, 7) is 3.31. The standard InChI is InChI=1S/C21H22F2N2.ClH/c22-21(23)14-20(25-11-9-24-10-12-25)19-13-15-5-1-2-6-16(15)17-7-3-4-8-18(17)19;/h1-8,13,20-21,24H,9-12,14H2;1H/t20-;/m0./s1. The van der Waals surface area contributed by atoms with Gasteiger partial charge in [0.1, 0.15) is 0 Å². The van der Waals surface area contributed by atoms with E-state index in [1.165, 1.54) is 5.39 Å². The van der Waals surface area contributed by atoms with Crippen LogP contribution in [0, 0.1) is 0 Å². The lowest BCUT2D eigenvalue weighted by atomic mass is 9.91. The molecule has 0 bridgehead atoms. The van der Waals surface area contributed by atoms with Crippen LogP contribution in [0.15, 0.2) is 54.6 Å². The number of fused-ring (bicyclic) bond motifs is 3. The summed E-state index contributed by atoms with van der Waals surface area (Å²) in [5.74, 6) is 0. The molecular formula is C21H23ClF2N2. The molecule has 1 saturated heterocycles. The van der Waals surface area contributed by atoms with Gasteiger partial charge in [-0.1, -0.05) is 48.5 Å². The van der Waals surface area contributed by atoms with Gasteiger partial charge < -0.3 is 5.32 Å². The zero-order valence-electron chi connectivity index (χ0n) is 14.5. The first-order valence-electron chi connectivity index (χ1n) is 8.87. The van der Waals surface area contributed by atoms with Gasteiger partial charge in [-0.05, 0) is 33.2 Å². The summed E-state index contributed by atoms with van der Waals surface area (Å²) in [6, 6.07) is 18.3. The third kappa shape index (κ3) is 3.68. The summed E-state index contributed by atoms with van der Waals surface area (Å²) in [5.41, 5.74) is 1.02. The lowest BCUT2D eigenvalue weighted by Gasteiger charge is -2.36. The van der Waals surface area contributed by atoms with Crippen LogP contribution in [0.4, 0.5) is 8.78 Å². The number of halogens is 3. The quantitative estimate of drug-likeness (QED) is 0.643. The molecule has 0 amide bonds. The van der Waals surface area contributed by atoms with E-state index in [4.69, 9.17) is 0 Å². The van der Waals surface area contributed by atoms with Crippen molar-refractivity contribution in [2.45, 2.75) is 18.9 Å². The third-order valence-corrected chi connectivity index (χ3v) is 5.15.